The van der Waals surface area contributed by atoms with Gasteiger partial charge in [0.1, 0.15) is 38.4 Å². The maximum atomic E-state index is 13.8. The first-order valence-corrected chi connectivity index (χ1v) is 17.0. The minimum Gasteiger partial charge on any atom is -0.461 e. The Balaban J connectivity index is 1.44. The average molecular weight is 696 g/mol. The molecule has 1 saturated heterocycles. The lowest BCUT2D eigenvalue weighted by Gasteiger charge is -2.29. The molecule has 51 heavy (non-hydrogen) atoms. The summed E-state index contributed by atoms with van der Waals surface area (Å²) in [5.41, 5.74) is 2.35. The zero-order valence-corrected chi connectivity index (χ0v) is 28.7. The number of rotatable bonds is 18. The second-order valence-electron chi connectivity index (χ2n) is 12.2. The highest BCUT2D eigenvalue weighted by molar-refractivity contribution is 5.92. The van der Waals surface area contributed by atoms with Crippen LogP contribution in [-0.2, 0) is 53.2 Å². The molecule has 3 aromatic carbocycles. The van der Waals surface area contributed by atoms with Gasteiger partial charge in [-0.2, -0.15) is 0 Å². The molecule has 1 N–H and O–H groups in total. The van der Waals surface area contributed by atoms with E-state index in [-0.39, 0.29) is 52.3 Å². The van der Waals surface area contributed by atoms with Gasteiger partial charge in [0.05, 0.1) is 5.92 Å². The third kappa shape index (κ3) is 12.0. The summed E-state index contributed by atoms with van der Waals surface area (Å²) in [7, 11) is 0. The van der Waals surface area contributed by atoms with Gasteiger partial charge in [-0.1, -0.05) is 103 Å². The Bertz CT molecular complexity index is 1620. The topological polar surface area (TPSA) is 132 Å². The summed E-state index contributed by atoms with van der Waals surface area (Å²) in [5.74, 6) is -3.11. The van der Waals surface area contributed by atoms with Crippen molar-refractivity contribution in [3.63, 3.8) is 0 Å². The van der Waals surface area contributed by atoms with Crippen LogP contribution in [0.4, 0.5) is 4.79 Å². The van der Waals surface area contributed by atoms with Crippen molar-refractivity contribution in [3.05, 3.63) is 133 Å². The van der Waals surface area contributed by atoms with Gasteiger partial charge in [-0.25, -0.2) is 9.59 Å². The number of ether oxygens (including phenoxy) is 3. The molecule has 3 amide bonds. The first-order chi connectivity index (χ1) is 24.8. The van der Waals surface area contributed by atoms with Crippen molar-refractivity contribution in [1.29, 1.82) is 0 Å². The minimum absolute atomic E-state index is 0.0324. The largest absolute Gasteiger partial charge is 0.461 e. The highest BCUT2D eigenvalue weighted by atomic mass is 16.6. The number of carbonyl (C=O) groups is 5. The fourth-order valence-electron chi connectivity index (χ4n) is 5.69. The van der Waals surface area contributed by atoms with Gasteiger partial charge in [-0.3, -0.25) is 19.3 Å². The molecule has 11 heteroatoms. The lowest BCUT2D eigenvalue weighted by atomic mass is 9.96. The predicted octanol–water partition coefficient (Wildman–Crippen LogP) is 5.36. The SMILES string of the molecule is C=CC[C@H](C[C@H](NC(=O)[C@@H]1CCCN1C(=O)CN(CC=C)C(=O)OCc1ccccc1)C(=O)OCc1ccccc1)C(=O)OCc1ccccc1. The number of hydrogen-bond acceptors (Lipinski definition) is 8. The molecule has 4 rings (SSSR count). The van der Waals surface area contributed by atoms with Crippen molar-refractivity contribution in [2.45, 2.75) is 57.6 Å². The van der Waals surface area contributed by atoms with Crippen molar-refractivity contribution in [1.82, 2.24) is 15.1 Å². The lowest BCUT2D eigenvalue weighted by molar-refractivity contribution is -0.154. The molecule has 1 aliphatic rings. The number of esters is 2. The Labute approximate surface area is 298 Å². The zero-order valence-electron chi connectivity index (χ0n) is 28.7. The fourth-order valence-corrected chi connectivity index (χ4v) is 5.69. The summed E-state index contributed by atoms with van der Waals surface area (Å²) in [6, 6.07) is 25.3. The summed E-state index contributed by atoms with van der Waals surface area (Å²) < 4.78 is 16.6. The summed E-state index contributed by atoms with van der Waals surface area (Å²) in [5, 5.41) is 2.77. The van der Waals surface area contributed by atoms with Crippen molar-refractivity contribution in [3.8, 4) is 0 Å². The first kappa shape index (κ1) is 38.1. The van der Waals surface area contributed by atoms with Crippen LogP contribution in [0.3, 0.4) is 0 Å². The third-order valence-corrected chi connectivity index (χ3v) is 8.37. The van der Waals surface area contributed by atoms with Crippen LogP contribution in [0.25, 0.3) is 0 Å². The van der Waals surface area contributed by atoms with Crippen molar-refractivity contribution >= 4 is 29.8 Å². The summed E-state index contributed by atoms with van der Waals surface area (Å²) in [6.07, 6.45) is 3.32. The number of likely N-dealkylation sites (tertiary alicyclic amines) is 1. The monoisotopic (exact) mass is 695 g/mol. The Hall–Kier alpha value is -5.71. The molecule has 0 aliphatic carbocycles. The first-order valence-electron chi connectivity index (χ1n) is 17.0. The van der Waals surface area contributed by atoms with E-state index in [9.17, 15) is 24.0 Å². The molecular formula is C40H45N3O8. The minimum atomic E-state index is -1.22. The van der Waals surface area contributed by atoms with Crippen LogP contribution in [0.1, 0.15) is 42.4 Å². The van der Waals surface area contributed by atoms with Gasteiger partial charge in [0.15, 0.2) is 0 Å². The Morgan fingerprint density at radius 3 is 1.82 bits per heavy atom. The van der Waals surface area contributed by atoms with Gasteiger partial charge in [0, 0.05) is 13.1 Å². The van der Waals surface area contributed by atoms with Crippen LogP contribution in [0, 0.1) is 5.92 Å². The number of hydrogen-bond donors (Lipinski definition) is 1. The van der Waals surface area contributed by atoms with Gasteiger partial charge in [-0.15, -0.1) is 13.2 Å². The van der Waals surface area contributed by atoms with E-state index in [1.165, 1.54) is 15.9 Å². The van der Waals surface area contributed by atoms with Gasteiger partial charge in [0.2, 0.25) is 11.8 Å². The van der Waals surface area contributed by atoms with E-state index in [2.05, 4.69) is 18.5 Å². The van der Waals surface area contributed by atoms with Crippen LogP contribution in [0.2, 0.25) is 0 Å². The van der Waals surface area contributed by atoms with Crippen LogP contribution in [0.15, 0.2) is 116 Å². The molecule has 0 unspecified atom stereocenters. The molecule has 0 spiro atoms. The van der Waals surface area contributed by atoms with E-state index >= 15 is 0 Å². The predicted molar refractivity (Wildman–Crippen MR) is 190 cm³/mol. The molecule has 1 aliphatic heterocycles. The van der Waals surface area contributed by atoms with Gasteiger partial charge in [0.25, 0.3) is 0 Å². The number of amides is 3. The second kappa shape index (κ2) is 20.1. The fraction of sp³-hybridized carbons (Fsp3) is 0.325. The van der Waals surface area contributed by atoms with Gasteiger partial charge >= 0.3 is 18.0 Å². The molecule has 0 bridgehead atoms. The van der Waals surface area contributed by atoms with Crippen LogP contribution >= 0.6 is 0 Å². The van der Waals surface area contributed by atoms with Crippen molar-refractivity contribution < 1.29 is 38.2 Å². The van der Waals surface area contributed by atoms with E-state index in [4.69, 9.17) is 14.2 Å². The van der Waals surface area contributed by atoms with E-state index in [1.54, 1.807) is 18.2 Å². The summed E-state index contributed by atoms with van der Waals surface area (Å²) in [6.45, 7) is 7.50. The molecule has 268 valence electrons. The summed E-state index contributed by atoms with van der Waals surface area (Å²) >= 11 is 0. The van der Waals surface area contributed by atoms with Gasteiger partial charge < -0.3 is 24.4 Å². The number of carbonyl (C=O) groups excluding carboxylic acids is 5. The molecule has 0 saturated carbocycles. The molecule has 11 nitrogen and oxygen atoms in total. The number of nitrogens with zero attached hydrogens (tertiary/aromatic N) is 2. The van der Waals surface area contributed by atoms with Crippen LogP contribution in [-0.4, -0.2) is 71.4 Å². The van der Waals surface area contributed by atoms with Crippen LogP contribution in [0.5, 0.6) is 0 Å². The lowest BCUT2D eigenvalue weighted by Crippen LogP contribution is -2.53. The highest BCUT2D eigenvalue weighted by Gasteiger charge is 2.38. The Kier molecular flexibility index (Phi) is 15.0. The van der Waals surface area contributed by atoms with Crippen molar-refractivity contribution in [2.24, 2.45) is 5.92 Å². The highest BCUT2D eigenvalue weighted by Crippen LogP contribution is 2.21. The molecule has 1 fully saturated rings. The smallest absolute Gasteiger partial charge is 0.410 e. The molecular weight excluding hydrogens is 650 g/mol. The molecule has 1 heterocycles. The molecule has 0 radical (unpaired) electrons. The number of allylic oxidation sites excluding steroid dienone is 1. The molecule has 3 atom stereocenters. The third-order valence-electron chi connectivity index (χ3n) is 8.37. The van der Waals surface area contributed by atoms with Gasteiger partial charge in [-0.05, 0) is 42.4 Å². The molecule has 3 aromatic rings. The average Bonchev–Trinajstić information content (AvgIpc) is 3.66. The number of benzene rings is 3. The Morgan fingerprint density at radius 2 is 1.29 bits per heavy atom. The van der Waals surface area contributed by atoms with E-state index < -0.39 is 47.8 Å². The maximum Gasteiger partial charge on any atom is 0.410 e. The van der Waals surface area contributed by atoms with Crippen LogP contribution < -0.4 is 5.32 Å². The zero-order chi connectivity index (χ0) is 36.4. The number of nitrogens with one attached hydrogen (secondary N) is 1. The maximum absolute atomic E-state index is 13.8. The van der Waals surface area contributed by atoms with E-state index in [0.717, 1.165) is 16.7 Å². The summed E-state index contributed by atoms with van der Waals surface area (Å²) in [4.78, 5) is 69.6. The quantitative estimate of drug-likeness (QED) is 0.107. The molecule has 0 aromatic heterocycles. The second-order valence-corrected chi connectivity index (χ2v) is 12.2. The van der Waals surface area contributed by atoms with Crippen molar-refractivity contribution in [2.75, 3.05) is 19.6 Å². The van der Waals surface area contributed by atoms with E-state index in [0.29, 0.717) is 12.8 Å². The Morgan fingerprint density at radius 1 is 0.765 bits per heavy atom. The van der Waals surface area contributed by atoms with E-state index in [1.807, 2.05) is 78.9 Å². The normalized spacial score (nSPS) is 14.7. The standard InChI is InChI=1S/C40H45N3O8/c1-3-15-33(38(46)49-27-30-16-8-5-9-17-30)25-34(39(47)50-28-31-18-10-6-11-19-31)41-37(45)35-22-14-24-43(35)36(44)26-42(23-4-2)40(48)51-29-32-20-12-7-13-21-32/h3-13,16-21,33-35H,1-2,14-15,22-29H2,(H,41,45)/t33-,34+,35+/m1/s1.